The van der Waals surface area contributed by atoms with Crippen LogP contribution < -0.4 is 10.2 Å². The molecule has 1 heterocycles. The van der Waals surface area contributed by atoms with Crippen LogP contribution in [0.3, 0.4) is 0 Å². The van der Waals surface area contributed by atoms with Crippen molar-refractivity contribution in [2.45, 2.75) is 25.1 Å². The summed E-state index contributed by atoms with van der Waals surface area (Å²) >= 11 is 13.6. The lowest BCUT2D eigenvalue weighted by molar-refractivity contribution is -0.115. The Morgan fingerprint density at radius 3 is 2.34 bits per heavy atom. The summed E-state index contributed by atoms with van der Waals surface area (Å²) < 4.78 is 0. The second-order valence-corrected chi connectivity index (χ2v) is 9.79. The molecule has 3 aromatic carbocycles. The maximum atomic E-state index is 12.6. The smallest absolute Gasteiger partial charge is 0.257 e. The van der Waals surface area contributed by atoms with Gasteiger partial charge in [0.15, 0.2) is 0 Å². The van der Waals surface area contributed by atoms with Crippen molar-refractivity contribution in [3.63, 3.8) is 0 Å². The summed E-state index contributed by atoms with van der Waals surface area (Å²) in [6.45, 7) is 4.30. The van der Waals surface area contributed by atoms with E-state index in [1.807, 2.05) is 41.3 Å². The van der Waals surface area contributed by atoms with Crippen LogP contribution in [0.1, 0.15) is 46.6 Å². The lowest BCUT2D eigenvalue weighted by Crippen LogP contribution is -2.27. The van der Waals surface area contributed by atoms with Crippen LogP contribution in [0.5, 0.6) is 0 Å². The third-order valence-corrected chi connectivity index (χ3v) is 7.10. The molecule has 32 heavy (non-hydrogen) atoms. The van der Waals surface area contributed by atoms with E-state index in [1.165, 1.54) is 11.6 Å². The molecule has 0 spiro atoms. The molecule has 0 saturated carbocycles. The van der Waals surface area contributed by atoms with Gasteiger partial charge in [0, 0.05) is 16.4 Å². The number of carbonyl (C=O) groups is 2. The number of hydrogen-bond donors (Lipinski definition) is 1. The summed E-state index contributed by atoms with van der Waals surface area (Å²) in [5.41, 5.74) is 4.13. The molecule has 1 unspecified atom stereocenters. The van der Waals surface area contributed by atoms with Gasteiger partial charge < -0.3 is 5.32 Å². The molecule has 4 nitrogen and oxygen atoms in total. The number of nitrogens with one attached hydrogen (secondary N) is 1. The molecular formula is C25H22Cl2N2O2S. The molecule has 0 radical (unpaired) electrons. The van der Waals surface area contributed by atoms with E-state index in [1.54, 1.807) is 23.9 Å². The summed E-state index contributed by atoms with van der Waals surface area (Å²) in [6.07, 6.45) is 0. The Morgan fingerprint density at radius 2 is 1.72 bits per heavy atom. The molecule has 1 aliphatic heterocycles. The molecule has 1 atom stereocenters. The van der Waals surface area contributed by atoms with Gasteiger partial charge in [-0.2, -0.15) is 0 Å². The van der Waals surface area contributed by atoms with Crippen LogP contribution in [0.25, 0.3) is 0 Å². The molecule has 7 heteroatoms. The summed E-state index contributed by atoms with van der Waals surface area (Å²) in [5, 5.41) is 3.52. The fraction of sp³-hybridized carbons (Fsp3) is 0.200. The molecule has 1 aliphatic rings. The molecule has 4 rings (SSSR count). The first-order valence-electron chi connectivity index (χ1n) is 10.2. The SMILES string of the molecule is CC(C)c1ccc(N2C(=O)CSC2c2ccc(NC(=O)c3ccc(Cl)cc3Cl)cc2)cc1. The summed E-state index contributed by atoms with van der Waals surface area (Å²) in [7, 11) is 0. The third kappa shape index (κ3) is 4.80. The summed E-state index contributed by atoms with van der Waals surface area (Å²) in [4.78, 5) is 27.0. The van der Waals surface area contributed by atoms with Gasteiger partial charge in [-0.05, 0) is 59.5 Å². The van der Waals surface area contributed by atoms with Crippen molar-refractivity contribution >= 4 is 58.2 Å². The van der Waals surface area contributed by atoms with Crippen LogP contribution >= 0.6 is 35.0 Å². The van der Waals surface area contributed by atoms with Gasteiger partial charge in [-0.25, -0.2) is 0 Å². The Hall–Kier alpha value is -2.47. The maximum absolute atomic E-state index is 12.6. The number of halogens is 2. The molecule has 164 valence electrons. The van der Waals surface area contributed by atoms with Crippen molar-refractivity contribution < 1.29 is 9.59 Å². The van der Waals surface area contributed by atoms with Gasteiger partial charge in [-0.15, -0.1) is 11.8 Å². The van der Waals surface area contributed by atoms with E-state index in [4.69, 9.17) is 23.2 Å². The highest BCUT2D eigenvalue weighted by molar-refractivity contribution is 8.00. The molecule has 1 saturated heterocycles. The molecule has 1 N–H and O–H groups in total. The lowest BCUT2D eigenvalue weighted by Gasteiger charge is -2.25. The van der Waals surface area contributed by atoms with Gasteiger partial charge in [0.25, 0.3) is 5.91 Å². The van der Waals surface area contributed by atoms with Crippen molar-refractivity contribution in [1.82, 2.24) is 0 Å². The Balaban J connectivity index is 1.51. The number of thioether (sulfide) groups is 1. The van der Waals surface area contributed by atoms with Gasteiger partial charge in [0.1, 0.15) is 5.37 Å². The maximum Gasteiger partial charge on any atom is 0.257 e. The highest BCUT2D eigenvalue weighted by atomic mass is 35.5. The minimum atomic E-state index is -0.309. The normalized spacial score (nSPS) is 16.0. The minimum Gasteiger partial charge on any atom is -0.322 e. The number of rotatable bonds is 5. The Labute approximate surface area is 201 Å². The van der Waals surface area contributed by atoms with E-state index in [2.05, 4.69) is 31.3 Å². The first-order valence-corrected chi connectivity index (χ1v) is 12.0. The average molecular weight is 485 g/mol. The lowest BCUT2D eigenvalue weighted by atomic mass is 10.0. The molecule has 0 aromatic heterocycles. The minimum absolute atomic E-state index is 0.0899. The number of anilines is 2. The van der Waals surface area contributed by atoms with Crippen LogP contribution in [0.2, 0.25) is 10.0 Å². The summed E-state index contributed by atoms with van der Waals surface area (Å²) in [6, 6.07) is 20.5. The van der Waals surface area contributed by atoms with E-state index in [9.17, 15) is 9.59 Å². The van der Waals surface area contributed by atoms with Crippen molar-refractivity contribution in [2.75, 3.05) is 16.0 Å². The zero-order valence-electron chi connectivity index (χ0n) is 17.6. The molecule has 3 aromatic rings. The monoisotopic (exact) mass is 484 g/mol. The van der Waals surface area contributed by atoms with Crippen LogP contribution in [-0.4, -0.2) is 17.6 Å². The molecule has 2 amide bonds. The average Bonchev–Trinajstić information content (AvgIpc) is 3.15. The fourth-order valence-electron chi connectivity index (χ4n) is 3.57. The zero-order chi connectivity index (χ0) is 22.8. The number of benzene rings is 3. The Kier molecular flexibility index (Phi) is 6.79. The van der Waals surface area contributed by atoms with E-state index in [-0.39, 0.29) is 17.2 Å². The van der Waals surface area contributed by atoms with Crippen molar-refractivity contribution in [2.24, 2.45) is 0 Å². The predicted molar refractivity (Wildman–Crippen MR) is 134 cm³/mol. The Bertz CT molecular complexity index is 1150. The van der Waals surface area contributed by atoms with Gasteiger partial charge >= 0.3 is 0 Å². The number of amides is 2. The van der Waals surface area contributed by atoms with Gasteiger partial charge in [-0.1, -0.05) is 61.3 Å². The van der Waals surface area contributed by atoms with Crippen LogP contribution in [0, 0.1) is 0 Å². The topological polar surface area (TPSA) is 49.4 Å². The molecule has 0 bridgehead atoms. The predicted octanol–water partition coefficient (Wildman–Crippen LogP) is 7.15. The van der Waals surface area contributed by atoms with E-state index >= 15 is 0 Å². The van der Waals surface area contributed by atoms with Crippen molar-refractivity contribution in [3.05, 3.63) is 93.5 Å². The van der Waals surface area contributed by atoms with Gasteiger partial charge in [0.05, 0.1) is 16.3 Å². The first-order chi connectivity index (χ1) is 15.3. The summed E-state index contributed by atoms with van der Waals surface area (Å²) in [5.74, 6) is 0.655. The number of hydrogen-bond acceptors (Lipinski definition) is 3. The Morgan fingerprint density at radius 1 is 1.03 bits per heavy atom. The van der Waals surface area contributed by atoms with E-state index < -0.39 is 0 Å². The highest BCUT2D eigenvalue weighted by Crippen LogP contribution is 2.42. The fourth-order valence-corrected chi connectivity index (χ4v) is 5.24. The highest BCUT2D eigenvalue weighted by Gasteiger charge is 2.34. The van der Waals surface area contributed by atoms with Crippen LogP contribution in [-0.2, 0) is 4.79 Å². The third-order valence-electron chi connectivity index (χ3n) is 5.34. The standard InChI is InChI=1S/C25H22Cl2N2O2S/c1-15(2)16-5-10-20(11-6-16)29-23(30)14-32-25(29)17-3-8-19(9-4-17)28-24(31)21-12-7-18(26)13-22(21)27/h3-13,15,25H,14H2,1-2H3,(H,28,31). The molecule has 1 fully saturated rings. The first kappa shape index (κ1) is 22.7. The quantitative estimate of drug-likeness (QED) is 0.418. The van der Waals surface area contributed by atoms with Gasteiger partial charge in [-0.3, -0.25) is 14.5 Å². The van der Waals surface area contributed by atoms with E-state index in [0.717, 1.165) is 11.3 Å². The zero-order valence-corrected chi connectivity index (χ0v) is 20.0. The van der Waals surface area contributed by atoms with Crippen molar-refractivity contribution in [3.8, 4) is 0 Å². The molecular weight excluding hydrogens is 463 g/mol. The van der Waals surface area contributed by atoms with Crippen LogP contribution in [0.15, 0.2) is 66.7 Å². The number of nitrogens with zero attached hydrogens (tertiary/aromatic N) is 1. The van der Waals surface area contributed by atoms with E-state index in [0.29, 0.717) is 33.0 Å². The van der Waals surface area contributed by atoms with Crippen molar-refractivity contribution in [1.29, 1.82) is 0 Å². The van der Waals surface area contributed by atoms with Crippen LogP contribution in [0.4, 0.5) is 11.4 Å². The second kappa shape index (κ2) is 9.57. The number of carbonyl (C=O) groups excluding carboxylic acids is 2. The second-order valence-electron chi connectivity index (χ2n) is 7.87. The van der Waals surface area contributed by atoms with Gasteiger partial charge in [0.2, 0.25) is 5.91 Å². The molecule has 0 aliphatic carbocycles. The largest absolute Gasteiger partial charge is 0.322 e.